The fourth-order valence-corrected chi connectivity index (χ4v) is 1.43. The van der Waals surface area contributed by atoms with Crippen LogP contribution in [0.1, 0.15) is 39.5 Å². The fraction of sp³-hybridized carbons (Fsp3) is 0.571. The molecule has 18 heavy (non-hydrogen) atoms. The molecule has 0 bridgehead atoms. The molecule has 0 saturated carbocycles. The molecule has 1 unspecified atom stereocenters. The molecule has 0 aromatic heterocycles. The maximum absolute atomic E-state index is 11.5. The van der Waals surface area contributed by atoms with Crippen molar-refractivity contribution in [2.75, 3.05) is 6.61 Å². The molecule has 0 rings (SSSR count). The molecule has 4 heteroatoms. The molecule has 0 N–H and O–H groups in total. The number of ether oxygens (including phenoxy) is 2. The molecule has 0 aliphatic rings. The first kappa shape index (κ1) is 16.4. The van der Waals surface area contributed by atoms with E-state index in [1.54, 1.807) is 6.92 Å². The van der Waals surface area contributed by atoms with Gasteiger partial charge in [0.15, 0.2) is 0 Å². The highest BCUT2D eigenvalue weighted by molar-refractivity contribution is 5.90. The van der Waals surface area contributed by atoms with Crippen LogP contribution in [0.5, 0.6) is 0 Å². The van der Waals surface area contributed by atoms with Gasteiger partial charge in [-0.15, -0.1) is 0 Å². The second kappa shape index (κ2) is 9.45. The van der Waals surface area contributed by atoms with Gasteiger partial charge in [-0.3, -0.25) is 0 Å². The summed E-state index contributed by atoms with van der Waals surface area (Å²) in [6.45, 7) is 11.0. The van der Waals surface area contributed by atoms with E-state index in [0.717, 1.165) is 25.3 Å². The monoisotopic (exact) mass is 254 g/mol. The highest BCUT2D eigenvalue weighted by Crippen LogP contribution is 2.15. The summed E-state index contributed by atoms with van der Waals surface area (Å²) in [5.41, 5.74) is 0.183. The first-order valence-electron chi connectivity index (χ1n) is 6.25. The molecule has 0 aliphatic heterocycles. The Labute approximate surface area is 109 Å². The second-order valence-electron chi connectivity index (χ2n) is 3.87. The third-order valence-corrected chi connectivity index (χ3v) is 2.42. The Balaban J connectivity index is 4.52. The summed E-state index contributed by atoms with van der Waals surface area (Å²) in [5, 5.41) is 0. The third kappa shape index (κ3) is 6.23. The molecule has 1 atom stereocenters. The number of hydrogen-bond donors (Lipinski definition) is 0. The molecule has 4 nitrogen and oxygen atoms in total. The summed E-state index contributed by atoms with van der Waals surface area (Å²) in [6, 6.07) is 0. The Morgan fingerprint density at radius 1 is 1.28 bits per heavy atom. The van der Waals surface area contributed by atoms with Crippen LogP contribution in [0, 0.1) is 0 Å². The van der Waals surface area contributed by atoms with Gasteiger partial charge in [0, 0.05) is 6.08 Å². The van der Waals surface area contributed by atoms with E-state index >= 15 is 0 Å². The van der Waals surface area contributed by atoms with E-state index in [1.165, 1.54) is 0 Å². The lowest BCUT2D eigenvalue weighted by Crippen LogP contribution is -2.25. The Kier molecular flexibility index (Phi) is 8.62. The zero-order valence-corrected chi connectivity index (χ0v) is 11.2. The Morgan fingerprint density at radius 2 is 1.94 bits per heavy atom. The van der Waals surface area contributed by atoms with Crippen LogP contribution in [0.3, 0.4) is 0 Å². The van der Waals surface area contributed by atoms with Crippen molar-refractivity contribution in [2.24, 2.45) is 0 Å². The summed E-state index contributed by atoms with van der Waals surface area (Å²) < 4.78 is 9.97. The van der Waals surface area contributed by atoms with Crippen molar-refractivity contribution >= 4 is 11.9 Å². The van der Waals surface area contributed by atoms with Gasteiger partial charge in [-0.1, -0.05) is 32.9 Å². The van der Waals surface area contributed by atoms with Crippen LogP contribution in [0.25, 0.3) is 0 Å². The largest absolute Gasteiger partial charge is 0.463 e. The van der Waals surface area contributed by atoms with Crippen molar-refractivity contribution in [3.05, 3.63) is 24.8 Å². The van der Waals surface area contributed by atoms with E-state index in [-0.39, 0.29) is 12.2 Å². The van der Waals surface area contributed by atoms with Crippen LogP contribution in [0.2, 0.25) is 0 Å². The van der Waals surface area contributed by atoms with Gasteiger partial charge in [0.05, 0.1) is 12.2 Å². The van der Waals surface area contributed by atoms with Crippen LogP contribution < -0.4 is 0 Å². The third-order valence-electron chi connectivity index (χ3n) is 2.42. The van der Waals surface area contributed by atoms with Gasteiger partial charge in [-0.05, 0) is 19.8 Å². The van der Waals surface area contributed by atoms with Crippen LogP contribution >= 0.6 is 0 Å². The van der Waals surface area contributed by atoms with E-state index in [0.29, 0.717) is 6.42 Å². The standard InChI is InChI=1S/C14H22O4/c1-5-8-9-10-12(18-13(15)6-2)11(4)14(16)17-7-3/h6,12H,2,4-5,7-10H2,1,3H3. The zero-order chi connectivity index (χ0) is 14.0. The van der Waals surface area contributed by atoms with Gasteiger partial charge in [0.1, 0.15) is 6.10 Å². The maximum Gasteiger partial charge on any atom is 0.337 e. The number of carbonyl (C=O) groups is 2. The number of carbonyl (C=O) groups excluding carboxylic acids is 2. The molecule has 0 radical (unpaired) electrons. The summed E-state index contributed by atoms with van der Waals surface area (Å²) in [5.74, 6) is -1.07. The van der Waals surface area contributed by atoms with E-state index < -0.39 is 18.0 Å². The minimum Gasteiger partial charge on any atom is -0.463 e. The van der Waals surface area contributed by atoms with Gasteiger partial charge in [-0.25, -0.2) is 9.59 Å². The van der Waals surface area contributed by atoms with E-state index in [1.807, 2.05) is 0 Å². The van der Waals surface area contributed by atoms with Crippen molar-refractivity contribution < 1.29 is 19.1 Å². The van der Waals surface area contributed by atoms with Gasteiger partial charge in [-0.2, -0.15) is 0 Å². The van der Waals surface area contributed by atoms with Crippen LogP contribution in [0.15, 0.2) is 24.8 Å². The molecule has 0 aromatic carbocycles. The molecule has 0 fully saturated rings. The van der Waals surface area contributed by atoms with Crippen LogP contribution in [0.4, 0.5) is 0 Å². The Hall–Kier alpha value is -1.58. The molecular formula is C14H22O4. The molecule has 0 saturated heterocycles. The zero-order valence-electron chi connectivity index (χ0n) is 11.2. The van der Waals surface area contributed by atoms with Crippen molar-refractivity contribution in [1.82, 2.24) is 0 Å². The number of rotatable bonds is 9. The van der Waals surface area contributed by atoms with Crippen LogP contribution in [-0.2, 0) is 19.1 Å². The van der Waals surface area contributed by atoms with Gasteiger partial charge < -0.3 is 9.47 Å². The number of unbranched alkanes of at least 4 members (excludes halogenated alkanes) is 2. The van der Waals surface area contributed by atoms with E-state index in [4.69, 9.17) is 9.47 Å². The molecule has 102 valence electrons. The first-order valence-corrected chi connectivity index (χ1v) is 6.25. The maximum atomic E-state index is 11.5. The fourth-order valence-electron chi connectivity index (χ4n) is 1.43. The molecule has 0 aromatic rings. The van der Waals surface area contributed by atoms with Crippen molar-refractivity contribution in [3.63, 3.8) is 0 Å². The second-order valence-corrected chi connectivity index (χ2v) is 3.87. The van der Waals surface area contributed by atoms with E-state index in [9.17, 15) is 9.59 Å². The van der Waals surface area contributed by atoms with E-state index in [2.05, 4.69) is 20.1 Å². The number of hydrogen-bond acceptors (Lipinski definition) is 4. The lowest BCUT2D eigenvalue weighted by atomic mass is 10.0. The lowest BCUT2D eigenvalue weighted by molar-refractivity contribution is -0.145. The summed E-state index contributed by atoms with van der Waals surface area (Å²) in [6.07, 6.45) is 3.95. The molecule has 0 amide bonds. The first-order chi connectivity index (χ1) is 8.56. The highest BCUT2D eigenvalue weighted by atomic mass is 16.6. The topological polar surface area (TPSA) is 52.6 Å². The minimum atomic E-state index is -0.624. The predicted molar refractivity (Wildman–Crippen MR) is 70.0 cm³/mol. The van der Waals surface area contributed by atoms with Gasteiger partial charge in [0.2, 0.25) is 0 Å². The molecular weight excluding hydrogens is 232 g/mol. The van der Waals surface area contributed by atoms with Gasteiger partial charge >= 0.3 is 11.9 Å². The molecule has 0 heterocycles. The minimum absolute atomic E-state index is 0.183. The predicted octanol–water partition coefficient (Wildman–Crippen LogP) is 2.78. The molecule has 0 spiro atoms. The normalized spacial score (nSPS) is 11.4. The summed E-state index contributed by atoms with van der Waals surface area (Å²) >= 11 is 0. The molecule has 0 aliphatic carbocycles. The highest BCUT2D eigenvalue weighted by Gasteiger charge is 2.22. The summed E-state index contributed by atoms with van der Waals surface area (Å²) in [4.78, 5) is 22.8. The average Bonchev–Trinajstić information content (AvgIpc) is 2.37. The smallest absolute Gasteiger partial charge is 0.337 e. The number of esters is 2. The van der Waals surface area contributed by atoms with Crippen molar-refractivity contribution in [2.45, 2.75) is 45.6 Å². The Morgan fingerprint density at radius 3 is 2.44 bits per heavy atom. The van der Waals surface area contributed by atoms with Crippen molar-refractivity contribution in [1.29, 1.82) is 0 Å². The van der Waals surface area contributed by atoms with Crippen LogP contribution in [-0.4, -0.2) is 24.6 Å². The lowest BCUT2D eigenvalue weighted by Gasteiger charge is -2.18. The summed E-state index contributed by atoms with van der Waals surface area (Å²) in [7, 11) is 0. The SMILES string of the molecule is C=CC(=O)OC(CCCCC)C(=C)C(=O)OCC. The van der Waals surface area contributed by atoms with Gasteiger partial charge in [0.25, 0.3) is 0 Å². The quantitative estimate of drug-likeness (QED) is 0.360. The Bertz CT molecular complexity index is 307. The van der Waals surface area contributed by atoms with Crippen molar-refractivity contribution in [3.8, 4) is 0 Å². The average molecular weight is 254 g/mol.